The van der Waals surface area contributed by atoms with Crippen molar-refractivity contribution in [2.24, 2.45) is 0 Å². The number of hydrogen-bond acceptors (Lipinski definition) is 4. The van der Waals surface area contributed by atoms with Crippen molar-refractivity contribution in [3.05, 3.63) is 0 Å². The lowest BCUT2D eigenvalue weighted by atomic mass is 10.4. The summed E-state index contributed by atoms with van der Waals surface area (Å²) in [5, 5.41) is 0. The Bertz CT molecular complexity index is 85.8. The molecule has 0 bridgehead atoms. The van der Waals surface area contributed by atoms with Gasteiger partial charge in [-0.15, -0.1) is 11.8 Å². The van der Waals surface area contributed by atoms with Crippen LogP contribution in [0.1, 0.15) is 6.92 Å². The van der Waals surface area contributed by atoms with Crippen LogP contribution in [-0.4, -0.2) is 38.8 Å². The smallest absolute Gasteiger partial charge is 0.182 e. The van der Waals surface area contributed by atoms with E-state index in [1.807, 2.05) is 13.2 Å². The molecule has 0 rings (SSSR count). The fourth-order valence-corrected chi connectivity index (χ4v) is 1.08. The van der Waals surface area contributed by atoms with Crippen LogP contribution in [0.4, 0.5) is 0 Å². The largest absolute Gasteiger partial charge is 0.363 e. The maximum Gasteiger partial charge on any atom is 0.182 e. The van der Waals surface area contributed by atoms with Crippen LogP contribution in [-0.2, 0) is 14.2 Å². The highest BCUT2D eigenvalue weighted by Gasteiger charge is 2.15. The molecule has 0 saturated heterocycles. The Morgan fingerprint density at radius 1 is 1.27 bits per heavy atom. The average Bonchev–Trinajstić information content (AvgIpc) is 2.03. The zero-order valence-corrected chi connectivity index (χ0v) is 8.31. The van der Waals surface area contributed by atoms with E-state index in [-0.39, 0.29) is 12.4 Å². The third kappa shape index (κ3) is 4.63. The van der Waals surface area contributed by atoms with Crippen molar-refractivity contribution < 1.29 is 14.2 Å². The standard InChI is InChI=1S/C7H16O3S/c1-6(10-5-11-4)7(8-2)9-3/h6-7H,5H2,1-4H3/t6-/m0/s1. The Hall–Kier alpha value is 0.230. The Kier molecular flexibility index (Phi) is 7.06. The summed E-state index contributed by atoms with van der Waals surface area (Å²) in [6, 6.07) is 0. The van der Waals surface area contributed by atoms with Gasteiger partial charge in [-0.1, -0.05) is 0 Å². The molecule has 0 N–H and O–H groups in total. The summed E-state index contributed by atoms with van der Waals surface area (Å²) in [6.07, 6.45) is 1.71. The van der Waals surface area contributed by atoms with Crippen LogP contribution in [0.3, 0.4) is 0 Å². The van der Waals surface area contributed by atoms with Gasteiger partial charge in [0.2, 0.25) is 0 Å². The van der Waals surface area contributed by atoms with Gasteiger partial charge in [-0.25, -0.2) is 0 Å². The first-order valence-corrected chi connectivity index (χ1v) is 4.81. The van der Waals surface area contributed by atoms with Crippen molar-refractivity contribution in [2.75, 3.05) is 26.4 Å². The van der Waals surface area contributed by atoms with E-state index in [0.717, 1.165) is 0 Å². The Balaban J connectivity index is 3.51. The van der Waals surface area contributed by atoms with Crippen molar-refractivity contribution in [1.82, 2.24) is 0 Å². The van der Waals surface area contributed by atoms with Gasteiger partial charge < -0.3 is 14.2 Å². The van der Waals surface area contributed by atoms with Crippen LogP contribution < -0.4 is 0 Å². The molecule has 0 radical (unpaired) electrons. The van der Waals surface area contributed by atoms with Crippen LogP contribution in [0.2, 0.25) is 0 Å². The molecule has 3 nitrogen and oxygen atoms in total. The second kappa shape index (κ2) is 6.91. The van der Waals surface area contributed by atoms with Gasteiger partial charge in [0.1, 0.15) is 6.10 Å². The van der Waals surface area contributed by atoms with Gasteiger partial charge in [-0.05, 0) is 13.2 Å². The zero-order valence-electron chi connectivity index (χ0n) is 7.49. The van der Waals surface area contributed by atoms with Gasteiger partial charge in [0.15, 0.2) is 6.29 Å². The monoisotopic (exact) mass is 180 g/mol. The summed E-state index contributed by atoms with van der Waals surface area (Å²) in [5.74, 6) is 0.671. The summed E-state index contributed by atoms with van der Waals surface area (Å²) in [7, 11) is 3.21. The number of hydrogen-bond donors (Lipinski definition) is 0. The minimum atomic E-state index is -0.262. The van der Waals surface area contributed by atoms with Crippen LogP contribution in [0, 0.1) is 0 Å². The van der Waals surface area contributed by atoms with Gasteiger partial charge in [0, 0.05) is 14.2 Å². The molecule has 11 heavy (non-hydrogen) atoms. The first-order valence-electron chi connectivity index (χ1n) is 3.42. The number of thioether (sulfide) groups is 1. The highest BCUT2D eigenvalue weighted by molar-refractivity contribution is 7.98. The second-order valence-corrected chi connectivity index (χ2v) is 2.93. The molecule has 0 fully saturated rings. The van der Waals surface area contributed by atoms with Crippen molar-refractivity contribution in [2.45, 2.75) is 19.3 Å². The fourth-order valence-electron chi connectivity index (χ4n) is 0.733. The van der Waals surface area contributed by atoms with Gasteiger partial charge >= 0.3 is 0 Å². The van der Waals surface area contributed by atoms with E-state index in [4.69, 9.17) is 14.2 Å². The summed E-state index contributed by atoms with van der Waals surface area (Å²) in [4.78, 5) is 0. The van der Waals surface area contributed by atoms with E-state index in [2.05, 4.69) is 0 Å². The maximum atomic E-state index is 5.35. The minimum Gasteiger partial charge on any atom is -0.363 e. The quantitative estimate of drug-likeness (QED) is 0.576. The number of methoxy groups -OCH3 is 2. The molecule has 0 amide bonds. The van der Waals surface area contributed by atoms with Crippen molar-refractivity contribution >= 4 is 11.8 Å². The van der Waals surface area contributed by atoms with Gasteiger partial charge in [-0.3, -0.25) is 0 Å². The van der Waals surface area contributed by atoms with Crippen LogP contribution in [0.15, 0.2) is 0 Å². The summed E-state index contributed by atoms with van der Waals surface area (Å²) in [6.45, 7) is 1.92. The van der Waals surface area contributed by atoms with Gasteiger partial charge in [-0.2, -0.15) is 0 Å². The topological polar surface area (TPSA) is 27.7 Å². The van der Waals surface area contributed by atoms with Gasteiger partial charge in [0.05, 0.1) is 5.94 Å². The molecule has 68 valence electrons. The molecular weight excluding hydrogens is 164 g/mol. The predicted molar refractivity (Wildman–Crippen MR) is 46.7 cm³/mol. The zero-order chi connectivity index (χ0) is 8.69. The van der Waals surface area contributed by atoms with Crippen molar-refractivity contribution in [3.63, 3.8) is 0 Å². The first kappa shape index (κ1) is 11.2. The second-order valence-electron chi connectivity index (χ2n) is 2.12. The van der Waals surface area contributed by atoms with Crippen LogP contribution >= 0.6 is 11.8 Å². The minimum absolute atomic E-state index is 0.0163. The van der Waals surface area contributed by atoms with E-state index in [1.54, 1.807) is 26.0 Å². The molecule has 0 spiro atoms. The Morgan fingerprint density at radius 2 is 1.82 bits per heavy atom. The molecule has 0 aromatic rings. The maximum absolute atomic E-state index is 5.35. The summed E-state index contributed by atoms with van der Waals surface area (Å²) in [5.41, 5.74) is 0. The van der Waals surface area contributed by atoms with Crippen molar-refractivity contribution in [3.8, 4) is 0 Å². The lowest BCUT2D eigenvalue weighted by Gasteiger charge is -2.20. The molecule has 0 aliphatic rings. The highest BCUT2D eigenvalue weighted by atomic mass is 32.2. The molecule has 0 saturated carbocycles. The Morgan fingerprint density at radius 3 is 2.18 bits per heavy atom. The molecule has 1 atom stereocenters. The molecule has 0 aromatic carbocycles. The van der Waals surface area contributed by atoms with Gasteiger partial charge in [0.25, 0.3) is 0 Å². The first-order chi connectivity index (χ1) is 5.26. The summed E-state index contributed by atoms with van der Waals surface area (Å²) >= 11 is 1.64. The molecular formula is C7H16O3S. The van der Waals surface area contributed by atoms with E-state index < -0.39 is 0 Å². The molecule has 0 aromatic heterocycles. The molecule has 0 aliphatic carbocycles. The number of ether oxygens (including phenoxy) is 3. The summed E-state index contributed by atoms with van der Waals surface area (Å²) < 4.78 is 15.4. The normalized spacial score (nSPS) is 13.9. The van der Waals surface area contributed by atoms with Crippen LogP contribution in [0.5, 0.6) is 0 Å². The average molecular weight is 180 g/mol. The Labute approximate surface area is 72.4 Å². The molecule has 0 unspecified atom stereocenters. The van der Waals surface area contributed by atoms with E-state index >= 15 is 0 Å². The SMILES string of the molecule is COC(OC)[C@H](C)OCSC. The van der Waals surface area contributed by atoms with E-state index in [1.165, 1.54) is 0 Å². The molecule has 0 aliphatic heterocycles. The fraction of sp³-hybridized carbons (Fsp3) is 1.00. The van der Waals surface area contributed by atoms with E-state index in [0.29, 0.717) is 5.94 Å². The number of rotatable bonds is 6. The van der Waals surface area contributed by atoms with Crippen LogP contribution in [0.25, 0.3) is 0 Å². The molecule has 0 heterocycles. The van der Waals surface area contributed by atoms with E-state index in [9.17, 15) is 0 Å². The van der Waals surface area contributed by atoms with Crippen molar-refractivity contribution in [1.29, 1.82) is 0 Å². The lowest BCUT2D eigenvalue weighted by molar-refractivity contribution is -0.169. The third-order valence-electron chi connectivity index (χ3n) is 1.30. The third-order valence-corrected chi connectivity index (χ3v) is 1.67. The molecule has 4 heteroatoms. The highest BCUT2D eigenvalue weighted by Crippen LogP contribution is 2.05. The lowest BCUT2D eigenvalue weighted by Crippen LogP contribution is -2.29. The predicted octanol–water partition coefficient (Wildman–Crippen LogP) is 1.33.